The number of hydrogen-bond acceptors (Lipinski definition) is 3. The summed E-state index contributed by atoms with van der Waals surface area (Å²) < 4.78 is 39.3. The van der Waals surface area contributed by atoms with Crippen LogP contribution in [0.25, 0.3) is 0 Å². The zero-order valence-corrected chi connectivity index (χ0v) is 12.0. The molecule has 0 amide bonds. The van der Waals surface area contributed by atoms with Crippen LogP contribution in [0.2, 0.25) is 5.02 Å². The highest BCUT2D eigenvalue weighted by Crippen LogP contribution is 2.30. The molecule has 0 saturated heterocycles. The molecule has 1 N–H and O–H groups in total. The molecule has 1 aliphatic carbocycles. The summed E-state index contributed by atoms with van der Waals surface area (Å²) in [6.07, 6.45) is 0.819. The molecule has 1 aliphatic rings. The van der Waals surface area contributed by atoms with Gasteiger partial charge in [-0.2, -0.15) is 0 Å². The first-order chi connectivity index (χ1) is 8.82. The van der Waals surface area contributed by atoms with Crippen LogP contribution in [-0.4, -0.2) is 37.5 Å². The highest BCUT2D eigenvalue weighted by atomic mass is 35.5. The van der Waals surface area contributed by atoms with E-state index in [1.807, 2.05) is 0 Å². The van der Waals surface area contributed by atoms with Gasteiger partial charge in [0.25, 0.3) is 0 Å². The first-order valence-corrected chi connectivity index (χ1v) is 7.72. The van der Waals surface area contributed by atoms with Crippen molar-refractivity contribution in [3.63, 3.8) is 0 Å². The second-order valence-electron chi connectivity index (χ2n) is 4.83. The second-order valence-corrected chi connectivity index (χ2v) is 7.25. The lowest BCUT2D eigenvalue weighted by Gasteiger charge is -2.34. The Balaban J connectivity index is 2.19. The average Bonchev–Trinajstić information content (AvgIpc) is 2.30. The standard InChI is InChI=1S/C12H15ClFNO3S/c1-15(7-8-5-9(16)6-8)19(17,18)11-4-2-3-10(13)12(11)14/h2-4,8-9,16H,5-7H2,1H3. The van der Waals surface area contributed by atoms with E-state index in [0.717, 1.165) is 4.31 Å². The number of nitrogens with zero attached hydrogens (tertiary/aromatic N) is 1. The number of aliphatic hydroxyl groups is 1. The van der Waals surface area contributed by atoms with Crippen LogP contribution in [0.1, 0.15) is 12.8 Å². The Hall–Kier alpha value is -0.690. The van der Waals surface area contributed by atoms with Gasteiger partial charge in [0.15, 0.2) is 5.82 Å². The molecular weight excluding hydrogens is 293 g/mol. The predicted octanol–water partition coefficient (Wildman–Crippen LogP) is 1.87. The molecule has 4 nitrogen and oxygen atoms in total. The SMILES string of the molecule is CN(CC1CC(O)C1)S(=O)(=O)c1cccc(Cl)c1F. The molecule has 0 radical (unpaired) electrons. The minimum Gasteiger partial charge on any atom is -0.393 e. The van der Waals surface area contributed by atoms with Crippen LogP contribution < -0.4 is 0 Å². The van der Waals surface area contributed by atoms with E-state index in [4.69, 9.17) is 11.6 Å². The van der Waals surface area contributed by atoms with E-state index in [0.29, 0.717) is 12.8 Å². The first kappa shape index (κ1) is 14.7. The normalized spacial score (nSPS) is 23.4. The molecule has 0 spiro atoms. The molecule has 0 unspecified atom stereocenters. The van der Waals surface area contributed by atoms with Crippen molar-refractivity contribution >= 4 is 21.6 Å². The number of aliphatic hydroxyl groups excluding tert-OH is 1. The maximum absolute atomic E-state index is 13.8. The Morgan fingerprint density at radius 1 is 1.47 bits per heavy atom. The topological polar surface area (TPSA) is 57.6 Å². The minimum absolute atomic E-state index is 0.122. The van der Waals surface area contributed by atoms with Crippen LogP contribution in [-0.2, 0) is 10.0 Å². The molecule has 2 rings (SSSR count). The van der Waals surface area contributed by atoms with Gasteiger partial charge in [-0.05, 0) is 30.9 Å². The van der Waals surface area contributed by atoms with Gasteiger partial charge < -0.3 is 5.11 Å². The summed E-state index contributed by atoms with van der Waals surface area (Å²) in [4.78, 5) is -0.414. The maximum atomic E-state index is 13.8. The van der Waals surface area contributed by atoms with Crippen molar-refractivity contribution in [1.82, 2.24) is 4.31 Å². The Kier molecular flexibility index (Phi) is 4.15. The number of hydrogen-bond donors (Lipinski definition) is 1. The van der Waals surface area contributed by atoms with Gasteiger partial charge in [-0.3, -0.25) is 0 Å². The second kappa shape index (κ2) is 5.36. The molecule has 0 bridgehead atoms. The van der Waals surface area contributed by atoms with Gasteiger partial charge in [0.05, 0.1) is 11.1 Å². The Morgan fingerprint density at radius 3 is 2.68 bits per heavy atom. The summed E-state index contributed by atoms with van der Waals surface area (Å²) in [5.74, 6) is -0.804. The fraction of sp³-hybridized carbons (Fsp3) is 0.500. The summed E-state index contributed by atoms with van der Waals surface area (Å²) in [6.45, 7) is 0.269. The van der Waals surface area contributed by atoms with Crippen molar-refractivity contribution in [2.24, 2.45) is 5.92 Å². The van der Waals surface area contributed by atoms with Crippen LogP contribution in [0, 0.1) is 11.7 Å². The van der Waals surface area contributed by atoms with Crippen molar-refractivity contribution in [1.29, 1.82) is 0 Å². The fourth-order valence-corrected chi connectivity index (χ4v) is 3.72. The third kappa shape index (κ3) is 2.91. The van der Waals surface area contributed by atoms with E-state index in [2.05, 4.69) is 0 Å². The summed E-state index contributed by atoms with van der Waals surface area (Å²) in [6, 6.07) is 3.90. The van der Waals surface area contributed by atoms with Crippen molar-refractivity contribution in [3.8, 4) is 0 Å². The van der Waals surface area contributed by atoms with Gasteiger partial charge in [0, 0.05) is 13.6 Å². The molecule has 0 aromatic heterocycles. The van der Waals surface area contributed by atoms with Crippen LogP contribution in [0.5, 0.6) is 0 Å². The van der Waals surface area contributed by atoms with Gasteiger partial charge in [-0.25, -0.2) is 17.1 Å². The molecule has 0 atom stereocenters. The molecule has 19 heavy (non-hydrogen) atoms. The minimum atomic E-state index is -3.89. The lowest BCUT2D eigenvalue weighted by molar-refractivity contribution is 0.0367. The van der Waals surface area contributed by atoms with Crippen LogP contribution in [0.3, 0.4) is 0 Å². The zero-order valence-electron chi connectivity index (χ0n) is 10.4. The summed E-state index contributed by atoms with van der Waals surface area (Å²) in [5, 5.41) is 8.97. The van der Waals surface area contributed by atoms with Gasteiger partial charge in [-0.1, -0.05) is 17.7 Å². The third-order valence-corrected chi connectivity index (χ3v) is 5.46. The Labute approximate surface area is 116 Å². The number of sulfonamides is 1. The van der Waals surface area contributed by atoms with Crippen molar-refractivity contribution in [3.05, 3.63) is 29.0 Å². The Bertz CT molecular complexity index is 572. The van der Waals surface area contributed by atoms with Crippen molar-refractivity contribution in [2.75, 3.05) is 13.6 Å². The van der Waals surface area contributed by atoms with E-state index in [9.17, 15) is 17.9 Å². The van der Waals surface area contributed by atoms with E-state index in [1.165, 1.54) is 25.2 Å². The number of benzene rings is 1. The lowest BCUT2D eigenvalue weighted by Crippen LogP contribution is -2.39. The van der Waals surface area contributed by atoms with E-state index in [-0.39, 0.29) is 23.6 Å². The Morgan fingerprint density at radius 2 is 2.11 bits per heavy atom. The van der Waals surface area contributed by atoms with Crippen molar-refractivity contribution < 1.29 is 17.9 Å². The predicted molar refractivity (Wildman–Crippen MR) is 70.0 cm³/mol. The van der Waals surface area contributed by atoms with Gasteiger partial charge in [0.2, 0.25) is 10.0 Å². The highest BCUT2D eigenvalue weighted by Gasteiger charge is 2.32. The molecule has 106 valence electrons. The largest absolute Gasteiger partial charge is 0.393 e. The number of rotatable bonds is 4. The van der Waals surface area contributed by atoms with Crippen molar-refractivity contribution in [2.45, 2.75) is 23.8 Å². The van der Waals surface area contributed by atoms with Crippen LogP contribution in [0.15, 0.2) is 23.1 Å². The molecular formula is C12H15ClFNO3S. The number of halogens is 2. The van der Waals surface area contributed by atoms with Crippen LogP contribution in [0.4, 0.5) is 4.39 Å². The monoisotopic (exact) mass is 307 g/mol. The summed E-state index contributed by atoms with van der Waals surface area (Å²) in [5.41, 5.74) is 0. The van der Waals surface area contributed by atoms with E-state index < -0.39 is 20.7 Å². The molecule has 7 heteroatoms. The maximum Gasteiger partial charge on any atom is 0.245 e. The molecule has 1 fully saturated rings. The lowest BCUT2D eigenvalue weighted by atomic mass is 9.82. The van der Waals surface area contributed by atoms with Crippen LogP contribution >= 0.6 is 11.6 Å². The van der Waals surface area contributed by atoms with Gasteiger partial charge >= 0.3 is 0 Å². The smallest absolute Gasteiger partial charge is 0.245 e. The molecule has 1 aromatic carbocycles. The van der Waals surface area contributed by atoms with Gasteiger partial charge in [0.1, 0.15) is 4.90 Å². The third-order valence-electron chi connectivity index (χ3n) is 3.33. The quantitative estimate of drug-likeness (QED) is 0.924. The average molecular weight is 308 g/mol. The molecule has 1 saturated carbocycles. The fourth-order valence-electron chi connectivity index (χ4n) is 2.16. The van der Waals surface area contributed by atoms with E-state index in [1.54, 1.807) is 0 Å². The zero-order chi connectivity index (χ0) is 14.2. The molecule has 1 aromatic rings. The highest BCUT2D eigenvalue weighted by molar-refractivity contribution is 7.89. The van der Waals surface area contributed by atoms with Gasteiger partial charge in [-0.15, -0.1) is 0 Å². The summed E-state index contributed by atoms with van der Waals surface area (Å²) >= 11 is 5.60. The van der Waals surface area contributed by atoms with E-state index >= 15 is 0 Å². The summed E-state index contributed by atoms with van der Waals surface area (Å²) in [7, 11) is -2.49. The first-order valence-electron chi connectivity index (χ1n) is 5.90. The molecule has 0 aliphatic heterocycles. The molecule has 0 heterocycles.